The number of fused-ring (bicyclic) bond motifs is 1. The number of aromatic nitrogens is 3. The van der Waals surface area contributed by atoms with E-state index in [4.69, 9.17) is 4.42 Å². The first kappa shape index (κ1) is 15.8. The van der Waals surface area contributed by atoms with Crippen LogP contribution in [0.15, 0.2) is 70.0 Å². The molecule has 0 saturated carbocycles. The van der Waals surface area contributed by atoms with Crippen molar-refractivity contribution in [1.29, 1.82) is 0 Å². The van der Waals surface area contributed by atoms with Gasteiger partial charge in [-0.2, -0.15) is 9.90 Å². The Labute approximate surface area is 147 Å². The molecule has 1 amide bonds. The zero-order chi connectivity index (χ0) is 18.1. The van der Waals surface area contributed by atoms with Crippen molar-refractivity contribution in [2.45, 2.75) is 6.92 Å². The maximum Gasteiger partial charge on any atom is 0.336 e. The third-order valence-corrected chi connectivity index (χ3v) is 3.92. The Morgan fingerprint density at radius 2 is 1.92 bits per heavy atom. The van der Waals surface area contributed by atoms with Crippen molar-refractivity contribution in [3.05, 3.63) is 82.5 Å². The maximum absolute atomic E-state index is 12.4. The van der Waals surface area contributed by atoms with Crippen molar-refractivity contribution in [1.82, 2.24) is 15.0 Å². The van der Waals surface area contributed by atoms with Gasteiger partial charge in [-0.1, -0.05) is 18.2 Å². The first-order valence-electron chi connectivity index (χ1n) is 7.94. The van der Waals surface area contributed by atoms with Crippen LogP contribution in [0, 0.1) is 6.92 Å². The number of nitrogens with one attached hydrogen (secondary N) is 1. The van der Waals surface area contributed by atoms with Gasteiger partial charge in [0.15, 0.2) is 5.69 Å². The lowest BCUT2D eigenvalue weighted by Crippen LogP contribution is -2.13. The molecule has 0 fully saturated rings. The van der Waals surface area contributed by atoms with Gasteiger partial charge in [0, 0.05) is 23.2 Å². The Bertz CT molecular complexity index is 1160. The quantitative estimate of drug-likeness (QED) is 0.576. The molecule has 0 bridgehead atoms. The molecule has 4 rings (SSSR count). The van der Waals surface area contributed by atoms with Crippen molar-refractivity contribution in [3.63, 3.8) is 0 Å². The number of para-hydroxylation sites is 1. The lowest BCUT2D eigenvalue weighted by Gasteiger charge is -2.05. The largest absolute Gasteiger partial charge is 0.423 e. The average molecular weight is 346 g/mol. The van der Waals surface area contributed by atoms with E-state index in [2.05, 4.69) is 15.5 Å². The van der Waals surface area contributed by atoms with Crippen molar-refractivity contribution in [2.24, 2.45) is 0 Å². The number of hydrogen-bond acceptors (Lipinski definition) is 5. The minimum absolute atomic E-state index is 0.180. The van der Waals surface area contributed by atoms with Crippen LogP contribution in [0.2, 0.25) is 0 Å². The van der Waals surface area contributed by atoms with Crippen molar-refractivity contribution < 1.29 is 9.21 Å². The second-order valence-electron chi connectivity index (χ2n) is 5.77. The SMILES string of the molecule is Cc1cc(=O)oc2cc(NC(=O)c3cnn(-c4ccccc4)n3)ccc12. The van der Waals surface area contributed by atoms with E-state index in [1.807, 2.05) is 37.3 Å². The highest BCUT2D eigenvalue weighted by Gasteiger charge is 2.13. The molecule has 1 N–H and O–H groups in total. The van der Waals surface area contributed by atoms with Gasteiger partial charge in [-0.25, -0.2) is 4.79 Å². The zero-order valence-corrected chi connectivity index (χ0v) is 13.8. The Morgan fingerprint density at radius 3 is 2.73 bits per heavy atom. The lowest BCUT2D eigenvalue weighted by atomic mass is 10.1. The Kier molecular flexibility index (Phi) is 3.81. The van der Waals surface area contributed by atoms with Crippen LogP contribution in [-0.4, -0.2) is 20.9 Å². The molecule has 128 valence electrons. The van der Waals surface area contributed by atoms with Crippen molar-refractivity contribution >= 4 is 22.6 Å². The number of aryl methyl sites for hydroxylation is 1. The minimum atomic E-state index is -0.427. The smallest absolute Gasteiger partial charge is 0.336 e. The molecule has 0 saturated heterocycles. The van der Waals surface area contributed by atoms with Crippen LogP contribution >= 0.6 is 0 Å². The molecule has 2 aromatic heterocycles. The van der Waals surface area contributed by atoms with Crippen molar-refractivity contribution in [3.8, 4) is 5.69 Å². The summed E-state index contributed by atoms with van der Waals surface area (Å²) in [5.41, 5.74) is 2.25. The third-order valence-electron chi connectivity index (χ3n) is 3.92. The van der Waals surface area contributed by atoms with Gasteiger partial charge in [0.1, 0.15) is 5.58 Å². The fourth-order valence-corrected chi connectivity index (χ4v) is 2.65. The number of amides is 1. The van der Waals surface area contributed by atoms with Crippen LogP contribution in [0.1, 0.15) is 16.1 Å². The molecule has 7 heteroatoms. The highest BCUT2D eigenvalue weighted by Crippen LogP contribution is 2.21. The summed E-state index contributed by atoms with van der Waals surface area (Å²) >= 11 is 0. The summed E-state index contributed by atoms with van der Waals surface area (Å²) in [6.07, 6.45) is 1.40. The van der Waals surface area contributed by atoms with Gasteiger partial charge < -0.3 is 9.73 Å². The monoisotopic (exact) mass is 346 g/mol. The van der Waals surface area contributed by atoms with E-state index in [1.165, 1.54) is 17.1 Å². The summed E-state index contributed by atoms with van der Waals surface area (Å²) < 4.78 is 5.19. The summed E-state index contributed by atoms with van der Waals surface area (Å²) in [4.78, 5) is 25.3. The van der Waals surface area contributed by atoms with Gasteiger partial charge in [0.05, 0.1) is 11.9 Å². The molecule has 0 spiro atoms. The molecule has 0 aliphatic carbocycles. The molecule has 0 aliphatic heterocycles. The highest BCUT2D eigenvalue weighted by atomic mass is 16.4. The second-order valence-corrected chi connectivity index (χ2v) is 5.77. The minimum Gasteiger partial charge on any atom is -0.423 e. The Morgan fingerprint density at radius 1 is 1.12 bits per heavy atom. The van der Waals surface area contributed by atoms with Crippen LogP contribution in [0.4, 0.5) is 5.69 Å². The van der Waals surface area contributed by atoms with E-state index in [-0.39, 0.29) is 5.69 Å². The van der Waals surface area contributed by atoms with Gasteiger partial charge in [0.25, 0.3) is 5.91 Å². The van der Waals surface area contributed by atoms with Gasteiger partial charge in [-0.05, 0) is 36.8 Å². The Balaban J connectivity index is 1.60. The number of carbonyl (C=O) groups is 1. The molecular formula is C19H14N4O3. The number of carbonyl (C=O) groups excluding carboxylic acids is 1. The van der Waals surface area contributed by atoms with Gasteiger partial charge in [-0.3, -0.25) is 4.79 Å². The first-order valence-corrected chi connectivity index (χ1v) is 7.94. The molecule has 0 aliphatic rings. The van der Waals surface area contributed by atoms with Gasteiger partial charge in [-0.15, -0.1) is 5.10 Å². The van der Waals surface area contributed by atoms with Crippen molar-refractivity contribution in [2.75, 3.05) is 5.32 Å². The molecule has 0 unspecified atom stereocenters. The maximum atomic E-state index is 12.4. The molecule has 2 heterocycles. The zero-order valence-electron chi connectivity index (χ0n) is 13.8. The van der Waals surface area contributed by atoms with Crippen LogP contribution in [-0.2, 0) is 0 Å². The average Bonchev–Trinajstić information content (AvgIpc) is 3.12. The number of benzene rings is 2. The molecule has 0 atom stereocenters. The van der Waals surface area contributed by atoms with E-state index in [9.17, 15) is 9.59 Å². The van der Waals surface area contributed by atoms with Crippen LogP contribution in [0.25, 0.3) is 16.7 Å². The predicted octanol–water partition coefficient (Wildman–Crippen LogP) is 2.93. The third kappa shape index (κ3) is 2.98. The summed E-state index contributed by atoms with van der Waals surface area (Å²) in [5, 5.41) is 11.8. The molecule has 0 radical (unpaired) electrons. The topological polar surface area (TPSA) is 90.0 Å². The normalized spacial score (nSPS) is 10.8. The van der Waals surface area contributed by atoms with Crippen LogP contribution in [0.3, 0.4) is 0 Å². The number of hydrogen-bond donors (Lipinski definition) is 1. The molecule has 2 aromatic carbocycles. The van der Waals surface area contributed by atoms with E-state index < -0.39 is 11.5 Å². The summed E-state index contributed by atoms with van der Waals surface area (Å²) in [7, 11) is 0. The van der Waals surface area contributed by atoms with Crippen LogP contribution in [0.5, 0.6) is 0 Å². The summed E-state index contributed by atoms with van der Waals surface area (Å²) in [6, 6.07) is 15.9. The molecular weight excluding hydrogens is 332 g/mol. The van der Waals surface area contributed by atoms with E-state index in [0.717, 1.165) is 16.6 Å². The van der Waals surface area contributed by atoms with Gasteiger partial charge in [0.2, 0.25) is 0 Å². The van der Waals surface area contributed by atoms with Crippen LogP contribution < -0.4 is 10.9 Å². The number of rotatable bonds is 3. The fraction of sp³-hybridized carbons (Fsp3) is 0.0526. The Hall–Kier alpha value is -3.74. The van der Waals surface area contributed by atoms with E-state index in [0.29, 0.717) is 11.3 Å². The van der Waals surface area contributed by atoms with E-state index in [1.54, 1.807) is 18.2 Å². The second kappa shape index (κ2) is 6.29. The molecule has 4 aromatic rings. The highest BCUT2D eigenvalue weighted by molar-refractivity contribution is 6.03. The fourth-order valence-electron chi connectivity index (χ4n) is 2.65. The first-order chi connectivity index (χ1) is 12.6. The molecule has 7 nitrogen and oxygen atoms in total. The lowest BCUT2D eigenvalue weighted by molar-refractivity contribution is 0.102. The molecule has 26 heavy (non-hydrogen) atoms. The van der Waals surface area contributed by atoms with Gasteiger partial charge >= 0.3 is 5.63 Å². The predicted molar refractivity (Wildman–Crippen MR) is 96.5 cm³/mol. The van der Waals surface area contributed by atoms with E-state index >= 15 is 0 Å². The standard InChI is InChI=1S/C19H14N4O3/c1-12-9-18(24)26-17-10-13(7-8-15(12)17)21-19(25)16-11-20-23(22-16)14-5-3-2-4-6-14/h2-11H,1H3,(H,21,25). The summed E-state index contributed by atoms with van der Waals surface area (Å²) in [5.74, 6) is -0.401. The number of anilines is 1. The summed E-state index contributed by atoms with van der Waals surface area (Å²) in [6.45, 7) is 1.83. The number of nitrogens with zero attached hydrogens (tertiary/aromatic N) is 3.